The van der Waals surface area contributed by atoms with Gasteiger partial charge in [-0.2, -0.15) is 0 Å². The summed E-state index contributed by atoms with van der Waals surface area (Å²) in [5.41, 5.74) is 1.30. The zero-order chi connectivity index (χ0) is 20.1. The summed E-state index contributed by atoms with van der Waals surface area (Å²) >= 11 is 0. The van der Waals surface area contributed by atoms with Crippen LogP contribution in [-0.2, 0) is 4.79 Å². The van der Waals surface area contributed by atoms with Crippen molar-refractivity contribution in [3.05, 3.63) is 58.6 Å². The van der Waals surface area contributed by atoms with Gasteiger partial charge in [0.25, 0.3) is 5.69 Å². The molecule has 3 rings (SSSR count). The highest BCUT2D eigenvalue weighted by atomic mass is 16.6. The first-order valence-electron chi connectivity index (χ1n) is 8.91. The second-order valence-electron chi connectivity index (χ2n) is 6.58. The first kappa shape index (κ1) is 19.2. The molecule has 2 aromatic carbocycles. The zero-order valence-electron chi connectivity index (χ0n) is 15.3. The smallest absolute Gasteiger partial charge is 0.319 e. The number of rotatable bonds is 7. The number of urea groups is 1. The summed E-state index contributed by atoms with van der Waals surface area (Å²) < 4.78 is 0. The minimum Gasteiger partial charge on any atom is -0.374 e. The van der Waals surface area contributed by atoms with Crippen molar-refractivity contribution >= 4 is 34.7 Å². The number of nitro benzene ring substituents is 1. The normalized spacial score (nSPS) is 13.9. The Labute approximate surface area is 161 Å². The third-order valence-corrected chi connectivity index (χ3v) is 4.19. The van der Waals surface area contributed by atoms with Crippen LogP contribution in [0.5, 0.6) is 0 Å². The molecule has 0 bridgehead atoms. The van der Waals surface area contributed by atoms with E-state index in [2.05, 4.69) is 21.3 Å². The van der Waals surface area contributed by atoms with E-state index < -0.39 is 16.9 Å². The van der Waals surface area contributed by atoms with Gasteiger partial charge in [-0.1, -0.05) is 12.1 Å². The van der Waals surface area contributed by atoms with E-state index in [1.165, 1.54) is 18.2 Å². The molecular weight excluding hydrogens is 362 g/mol. The van der Waals surface area contributed by atoms with Crippen LogP contribution in [0.4, 0.5) is 27.5 Å². The molecule has 1 fully saturated rings. The van der Waals surface area contributed by atoms with Gasteiger partial charge in [0.15, 0.2) is 0 Å². The van der Waals surface area contributed by atoms with Gasteiger partial charge in [0, 0.05) is 23.5 Å². The van der Waals surface area contributed by atoms with E-state index in [4.69, 9.17) is 0 Å². The van der Waals surface area contributed by atoms with Gasteiger partial charge in [0.2, 0.25) is 5.91 Å². The van der Waals surface area contributed by atoms with E-state index >= 15 is 0 Å². The fourth-order valence-corrected chi connectivity index (χ4v) is 2.53. The van der Waals surface area contributed by atoms with Gasteiger partial charge in [0.05, 0.1) is 4.92 Å². The van der Waals surface area contributed by atoms with Crippen LogP contribution < -0.4 is 21.3 Å². The molecule has 1 atom stereocenters. The Morgan fingerprint density at radius 3 is 2.32 bits per heavy atom. The SMILES string of the molecule is CC(Nc1ccc(NC(=O)NC2CC2)cc1)C(=O)Nc1ccccc1[N+](=O)[O-]. The van der Waals surface area contributed by atoms with Gasteiger partial charge in [-0.25, -0.2) is 4.79 Å². The predicted molar refractivity (Wildman–Crippen MR) is 106 cm³/mol. The highest BCUT2D eigenvalue weighted by Gasteiger charge is 2.23. The third-order valence-electron chi connectivity index (χ3n) is 4.19. The second kappa shape index (κ2) is 8.38. The molecule has 28 heavy (non-hydrogen) atoms. The molecule has 1 saturated carbocycles. The van der Waals surface area contributed by atoms with Crippen LogP contribution >= 0.6 is 0 Å². The molecule has 0 aliphatic heterocycles. The molecule has 146 valence electrons. The lowest BCUT2D eigenvalue weighted by Crippen LogP contribution is -2.32. The Kier molecular flexibility index (Phi) is 5.73. The van der Waals surface area contributed by atoms with Crippen molar-refractivity contribution in [3.63, 3.8) is 0 Å². The van der Waals surface area contributed by atoms with Crippen molar-refractivity contribution in [2.45, 2.75) is 31.8 Å². The summed E-state index contributed by atoms with van der Waals surface area (Å²) in [7, 11) is 0. The monoisotopic (exact) mass is 383 g/mol. The van der Waals surface area contributed by atoms with Crippen LogP contribution in [0.25, 0.3) is 0 Å². The first-order valence-corrected chi connectivity index (χ1v) is 8.91. The number of benzene rings is 2. The molecule has 9 heteroatoms. The molecule has 1 aliphatic rings. The maximum Gasteiger partial charge on any atom is 0.319 e. The van der Waals surface area contributed by atoms with Crippen LogP contribution in [0.1, 0.15) is 19.8 Å². The highest BCUT2D eigenvalue weighted by Crippen LogP contribution is 2.23. The molecule has 9 nitrogen and oxygen atoms in total. The zero-order valence-corrected chi connectivity index (χ0v) is 15.3. The number of nitrogens with one attached hydrogen (secondary N) is 4. The topological polar surface area (TPSA) is 125 Å². The molecule has 0 radical (unpaired) electrons. The van der Waals surface area contributed by atoms with Crippen LogP contribution in [0, 0.1) is 10.1 Å². The summed E-state index contributed by atoms with van der Waals surface area (Å²) in [4.78, 5) is 34.6. The Morgan fingerprint density at radius 1 is 1.04 bits per heavy atom. The van der Waals surface area contributed by atoms with Crippen molar-refractivity contribution in [3.8, 4) is 0 Å². The largest absolute Gasteiger partial charge is 0.374 e. The molecule has 0 saturated heterocycles. The summed E-state index contributed by atoms with van der Waals surface area (Å²) in [6.45, 7) is 1.65. The Morgan fingerprint density at radius 2 is 1.68 bits per heavy atom. The van der Waals surface area contributed by atoms with E-state index in [1.54, 1.807) is 37.3 Å². The van der Waals surface area contributed by atoms with E-state index in [0.717, 1.165) is 12.8 Å². The van der Waals surface area contributed by atoms with E-state index in [1.807, 2.05) is 0 Å². The van der Waals surface area contributed by atoms with Crippen LogP contribution in [-0.4, -0.2) is 28.9 Å². The van der Waals surface area contributed by atoms with Crippen LogP contribution in [0.2, 0.25) is 0 Å². The van der Waals surface area contributed by atoms with Gasteiger partial charge in [-0.05, 0) is 50.1 Å². The van der Waals surface area contributed by atoms with Gasteiger partial charge >= 0.3 is 6.03 Å². The van der Waals surface area contributed by atoms with Gasteiger partial charge in [-0.3, -0.25) is 14.9 Å². The van der Waals surface area contributed by atoms with Crippen molar-refractivity contribution in [2.75, 3.05) is 16.0 Å². The number of carbonyl (C=O) groups is 2. The highest BCUT2D eigenvalue weighted by molar-refractivity contribution is 5.98. The summed E-state index contributed by atoms with van der Waals surface area (Å²) in [6.07, 6.45) is 2.03. The number of hydrogen-bond acceptors (Lipinski definition) is 5. The van der Waals surface area contributed by atoms with E-state index in [-0.39, 0.29) is 23.4 Å². The Hall–Kier alpha value is -3.62. The third kappa shape index (κ3) is 5.19. The van der Waals surface area contributed by atoms with Crippen molar-refractivity contribution < 1.29 is 14.5 Å². The maximum absolute atomic E-state index is 12.4. The number of amides is 3. The number of nitro groups is 1. The standard InChI is InChI=1S/C19H21N5O4/c1-12(18(25)23-16-4-2-3-5-17(16)24(27)28)20-13-6-8-14(9-7-13)21-19(26)22-15-10-11-15/h2-9,12,15,20H,10-11H2,1H3,(H,23,25)(H2,21,22,26). The minimum absolute atomic E-state index is 0.146. The molecule has 1 aliphatic carbocycles. The van der Waals surface area contributed by atoms with E-state index in [9.17, 15) is 19.7 Å². The lowest BCUT2D eigenvalue weighted by Gasteiger charge is -2.16. The number of hydrogen-bond donors (Lipinski definition) is 4. The Balaban J connectivity index is 1.55. The average Bonchev–Trinajstić information content (AvgIpc) is 3.47. The van der Waals surface area contributed by atoms with Gasteiger partial charge in [0.1, 0.15) is 11.7 Å². The number of anilines is 3. The maximum atomic E-state index is 12.4. The second-order valence-corrected chi connectivity index (χ2v) is 6.58. The average molecular weight is 383 g/mol. The fourth-order valence-electron chi connectivity index (χ4n) is 2.53. The quantitative estimate of drug-likeness (QED) is 0.431. The molecule has 4 N–H and O–H groups in total. The summed E-state index contributed by atoms with van der Waals surface area (Å²) in [5, 5.41) is 22.2. The molecule has 2 aromatic rings. The summed E-state index contributed by atoms with van der Waals surface area (Å²) in [5.74, 6) is -0.402. The molecule has 0 spiro atoms. The Bertz CT molecular complexity index is 880. The predicted octanol–water partition coefficient (Wildman–Crippen LogP) is 3.32. The number of carbonyl (C=O) groups excluding carboxylic acids is 2. The summed E-state index contributed by atoms with van der Waals surface area (Å²) in [6, 6.07) is 12.3. The van der Waals surface area contributed by atoms with Crippen LogP contribution in [0.15, 0.2) is 48.5 Å². The lowest BCUT2D eigenvalue weighted by molar-refractivity contribution is -0.383. The van der Waals surface area contributed by atoms with Crippen molar-refractivity contribution in [2.24, 2.45) is 0 Å². The van der Waals surface area contributed by atoms with Crippen molar-refractivity contribution in [1.82, 2.24) is 5.32 Å². The number of para-hydroxylation sites is 2. The lowest BCUT2D eigenvalue weighted by atomic mass is 10.2. The first-order chi connectivity index (χ1) is 13.4. The fraction of sp³-hybridized carbons (Fsp3) is 0.263. The number of nitrogens with zero attached hydrogens (tertiary/aromatic N) is 1. The molecule has 3 amide bonds. The molecule has 0 aromatic heterocycles. The van der Waals surface area contributed by atoms with E-state index in [0.29, 0.717) is 11.4 Å². The van der Waals surface area contributed by atoms with Gasteiger partial charge in [-0.15, -0.1) is 0 Å². The molecule has 1 unspecified atom stereocenters. The minimum atomic E-state index is -0.628. The molecular formula is C19H21N5O4. The van der Waals surface area contributed by atoms with Crippen molar-refractivity contribution in [1.29, 1.82) is 0 Å². The molecule has 0 heterocycles. The van der Waals surface area contributed by atoms with Gasteiger partial charge < -0.3 is 21.3 Å². The van der Waals surface area contributed by atoms with Crippen LogP contribution in [0.3, 0.4) is 0 Å².